The molecule has 0 spiro atoms. The van der Waals surface area contributed by atoms with Gasteiger partial charge in [0.05, 0.1) is 15.2 Å². The summed E-state index contributed by atoms with van der Waals surface area (Å²) in [6.45, 7) is 0.552. The number of hydrogen-bond acceptors (Lipinski definition) is 11. The number of aryl methyl sites for hydroxylation is 1. The summed E-state index contributed by atoms with van der Waals surface area (Å²) in [5.41, 5.74) is 0.768. The van der Waals surface area contributed by atoms with Gasteiger partial charge in [-0.25, -0.2) is 0 Å². The predicted molar refractivity (Wildman–Crippen MR) is 164 cm³/mol. The number of allylic oxidation sites excluding steroid dienone is 1. The van der Waals surface area contributed by atoms with Crippen molar-refractivity contribution in [2.45, 2.75) is 24.9 Å². The Bertz CT molecular complexity index is 2050. The largest absolute Gasteiger partial charge is 0.480 e. The molecule has 11 nitrogen and oxygen atoms in total. The van der Waals surface area contributed by atoms with Gasteiger partial charge in [0, 0.05) is 19.0 Å². The minimum absolute atomic E-state index is 0.0477. The van der Waals surface area contributed by atoms with E-state index in [4.69, 9.17) is 12.2 Å². The molecule has 1 saturated heterocycles. The summed E-state index contributed by atoms with van der Waals surface area (Å²) >= 11 is 9.39. The summed E-state index contributed by atoms with van der Waals surface area (Å²) in [6.07, 6.45) is 3.33. The molecular weight excluding hydrogens is 629 g/mol. The van der Waals surface area contributed by atoms with Gasteiger partial charge in [0.2, 0.25) is 0 Å². The summed E-state index contributed by atoms with van der Waals surface area (Å²) in [5, 5.41) is 19.8. The van der Waals surface area contributed by atoms with Crippen molar-refractivity contribution in [3.8, 4) is 0 Å². The summed E-state index contributed by atoms with van der Waals surface area (Å²) in [4.78, 5) is 67.3. The minimum Gasteiger partial charge on any atom is -0.480 e. The fourth-order valence-electron chi connectivity index (χ4n) is 4.11. The molecule has 41 heavy (non-hydrogen) atoms. The highest BCUT2D eigenvalue weighted by molar-refractivity contribution is 8.30. The number of nitrogens with zero attached hydrogens (tertiary/aromatic N) is 4. The molecule has 2 aromatic heterocycles. The van der Waals surface area contributed by atoms with E-state index in [-0.39, 0.29) is 27.6 Å². The molecule has 0 radical (unpaired) electrons. The van der Waals surface area contributed by atoms with Crippen molar-refractivity contribution in [3.63, 3.8) is 0 Å². The van der Waals surface area contributed by atoms with E-state index < -0.39 is 42.1 Å². The third-order valence-corrected chi connectivity index (χ3v) is 11.5. The number of hydrogen-bond donors (Lipinski definition) is 2. The number of aromatic nitrogens is 2. The summed E-state index contributed by atoms with van der Waals surface area (Å²) in [5.74, 6) is -3.09. The lowest BCUT2D eigenvalue weighted by Gasteiger charge is -2.13. The smallest absolute Gasteiger partial charge is 0.323 e. The van der Waals surface area contributed by atoms with Crippen LogP contribution < -0.4 is 25.2 Å². The Morgan fingerprint density at radius 3 is 2.17 bits per heavy atom. The van der Waals surface area contributed by atoms with Crippen LogP contribution in [0.15, 0.2) is 43.8 Å². The number of carbonyl (C=O) groups excluding carboxylic acids is 1. The van der Waals surface area contributed by atoms with E-state index in [9.17, 15) is 34.2 Å². The molecule has 3 aromatic rings. The molecule has 16 heteroatoms. The number of carbonyl (C=O) groups is 3. The number of thioether (sulfide) groups is 2. The van der Waals surface area contributed by atoms with Crippen molar-refractivity contribution in [3.05, 3.63) is 74.0 Å². The normalized spacial score (nSPS) is 18.6. The molecule has 2 aliphatic rings. The number of benzene rings is 1. The number of fused-ring (bicyclic) bond motifs is 1. The lowest BCUT2D eigenvalue weighted by Crippen LogP contribution is -2.32. The van der Waals surface area contributed by atoms with Crippen LogP contribution >= 0.6 is 58.4 Å². The van der Waals surface area contributed by atoms with E-state index in [0.717, 1.165) is 64.7 Å². The molecule has 0 aliphatic carbocycles. The van der Waals surface area contributed by atoms with Crippen molar-refractivity contribution < 1.29 is 24.6 Å². The van der Waals surface area contributed by atoms with E-state index in [1.807, 2.05) is 31.0 Å². The molecule has 2 N–H and O–H groups in total. The highest BCUT2D eigenvalue weighted by Gasteiger charge is 2.31. The maximum Gasteiger partial charge on any atom is 0.323 e. The zero-order valence-electron chi connectivity index (χ0n) is 21.6. The van der Waals surface area contributed by atoms with E-state index in [0.29, 0.717) is 0 Å². The Balaban J connectivity index is 1.78. The zero-order chi connectivity index (χ0) is 29.7. The van der Waals surface area contributed by atoms with E-state index in [2.05, 4.69) is 6.07 Å². The Morgan fingerprint density at radius 2 is 1.56 bits per heavy atom. The molecule has 212 valence electrons. The number of carboxylic acids is 2. The first-order valence-electron chi connectivity index (χ1n) is 11.7. The number of thiazole rings is 2. The quantitative estimate of drug-likeness (QED) is 0.388. The van der Waals surface area contributed by atoms with Gasteiger partial charge in [-0.2, -0.15) is 0 Å². The average Bonchev–Trinajstić information content (AvgIpc) is 3.57. The Labute approximate surface area is 252 Å². The molecule has 0 unspecified atom stereocenters. The fourth-order valence-corrected chi connectivity index (χ4v) is 8.80. The van der Waals surface area contributed by atoms with Crippen molar-refractivity contribution in [2.75, 3.05) is 19.0 Å². The van der Waals surface area contributed by atoms with E-state index >= 15 is 0 Å². The fraction of sp³-hybridized carbons (Fsp3) is 0.200. The van der Waals surface area contributed by atoms with Crippen LogP contribution in [0.3, 0.4) is 0 Å². The third kappa shape index (κ3) is 5.32. The lowest BCUT2D eigenvalue weighted by atomic mass is 10.2. The molecule has 0 bridgehead atoms. The van der Waals surface area contributed by atoms with Crippen LogP contribution in [0, 0.1) is 16.1 Å². The van der Waals surface area contributed by atoms with Gasteiger partial charge in [0.25, 0.3) is 17.0 Å². The van der Waals surface area contributed by atoms with E-state index in [1.54, 1.807) is 12.2 Å². The molecule has 0 saturated carbocycles. The molecule has 0 atom stereocenters. The lowest BCUT2D eigenvalue weighted by molar-refractivity contribution is -0.138. The van der Waals surface area contributed by atoms with Gasteiger partial charge < -0.3 is 15.1 Å². The molecule has 2 aliphatic heterocycles. The second-order valence-electron chi connectivity index (χ2n) is 8.94. The first kappa shape index (κ1) is 29.1. The van der Waals surface area contributed by atoms with Gasteiger partial charge in [0.15, 0.2) is 0 Å². The van der Waals surface area contributed by atoms with Gasteiger partial charge in [-0.05, 0) is 36.8 Å². The number of amides is 1. The highest BCUT2D eigenvalue weighted by atomic mass is 32.2. The average molecular weight is 649 g/mol. The van der Waals surface area contributed by atoms with Crippen LogP contribution in [-0.2, 0) is 27.5 Å². The minimum atomic E-state index is -1.31. The molecular formula is C25H20N4O7S5. The maximum atomic E-state index is 13.5. The number of aliphatic carboxylic acids is 2. The molecule has 4 heterocycles. The standard InChI is InChI=1S/C25H20N4O7S5/c1-11-4-5-13-12(8-11)26(2)15(38-13)7-6-14-20(34)28(9-16(30)31)23(39-14)19-22(36)29(10-17(32)33)24(40-19)18-21(35)27(3)25(37)41-18/h4-8H,9-10H2,1-3H3,(H,30,31)(H,32,33)/b14-6-,15-7+,23-19+,24-18+. The molecule has 1 fully saturated rings. The van der Waals surface area contributed by atoms with Gasteiger partial charge in [-0.3, -0.25) is 38.0 Å². The first-order valence-corrected chi connectivity index (χ1v) is 15.4. The third-order valence-electron chi connectivity index (χ3n) is 6.13. The first-order chi connectivity index (χ1) is 19.4. The van der Waals surface area contributed by atoms with Gasteiger partial charge in [0.1, 0.15) is 36.2 Å². The predicted octanol–water partition coefficient (Wildman–Crippen LogP) is 1.36. The van der Waals surface area contributed by atoms with E-state index in [1.165, 1.54) is 23.7 Å². The van der Waals surface area contributed by atoms with Crippen molar-refractivity contribution in [1.82, 2.24) is 14.0 Å². The number of anilines is 1. The molecule has 1 aromatic carbocycles. The Hall–Kier alpha value is -3.44. The van der Waals surface area contributed by atoms with Gasteiger partial charge >= 0.3 is 11.9 Å². The summed E-state index contributed by atoms with van der Waals surface area (Å²) < 4.78 is 2.43. The Kier molecular flexibility index (Phi) is 7.86. The van der Waals surface area contributed by atoms with Gasteiger partial charge in [-0.1, -0.05) is 41.8 Å². The number of rotatable bonds is 5. The van der Waals surface area contributed by atoms with Crippen molar-refractivity contribution in [1.29, 1.82) is 0 Å². The van der Waals surface area contributed by atoms with Crippen LogP contribution in [0.1, 0.15) is 5.56 Å². The van der Waals surface area contributed by atoms with Gasteiger partial charge in [-0.15, -0.1) is 22.7 Å². The van der Waals surface area contributed by atoms with Crippen LogP contribution in [0.25, 0.3) is 11.0 Å². The van der Waals surface area contributed by atoms with Crippen LogP contribution in [-0.4, -0.2) is 60.5 Å². The topological polar surface area (TPSA) is 142 Å². The maximum absolute atomic E-state index is 13.5. The summed E-state index contributed by atoms with van der Waals surface area (Å²) in [7, 11) is 3.38. The van der Waals surface area contributed by atoms with Crippen molar-refractivity contribution >= 4 is 97.3 Å². The number of carboxylic acid groups (broad SMARTS) is 2. The monoisotopic (exact) mass is 648 g/mol. The second kappa shape index (κ2) is 11.1. The van der Waals surface area contributed by atoms with Crippen molar-refractivity contribution in [2.24, 2.45) is 0 Å². The second-order valence-corrected chi connectivity index (χ2v) is 13.7. The Morgan fingerprint density at radius 1 is 0.902 bits per heavy atom. The number of thiocarbonyl (C=S) groups is 1. The SMILES string of the molecule is Cc1ccc2c(c1)N(C)/C(=C\C=c1/s/c(=c3/s/c(=C4/SC(=S)N(C)C4=O)n(CC(=O)O)c3=O)n(CC(=O)O)c1=O)S2. The zero-order valence-corrected chi connectivity index (χ0v) is 25.6. The summed E-state index contributed by atoms with van der Waals surface area (Å²) in [6, 6.07) is 6.08. The molecule has 5 rings (SSSR count). The van der Waals surface area contributed by atoms with Crippen LogP contribution in [0.5, 0.6) is 0 Å². The van der Waals surface area contributed by atoms with Crippen LogP contribution in [0.2, 0.25) is 0 Å². The highest BCUT2D eigenvalue weighted by Crippen LogP contribution is 2.45. The van der Waals surface area contributed by atoms with Crippen LogP contribution in [0.4, 0.5) is 5.69 Å². The molecule has 1 amide bonds.